The Labute approximate surface area is 138 Å². The van der Waals surface area contributed by atoms with Gasteiger partial charge >= 0.3 is 0 Å². The van der Waals surface area contributed by atoms with Crippen molar-refractivity contribution in [3.63, 3.8) is 0 Å². The quantitative estimate of drug-likeness (QED) is 0.872. The highest BCUT2D eigenvalue weighted by molar-refractivity contribution is 7.89. The Morgan fingerprint density at radius 3 is 2.70 bits per heavy atom. The number of anilines is 1. The highest BCUT2D eigenvalue weighted by Crippen LogP contribution is 2.23. The first-order chi connectivity index (χ1) is 10.7. The van der Waals surface area contributed by atoms with Crippen LogP contribution in [0.3, 0.4) is 0 Å². The number of carbonyl (C=O) groups is 1. The zero-order valence-corrected chi connectivity index (χ0v) is 14.7. The molecule has 6 nitrogen and oxygen atoms in total. The van der Waals surface area contributed by atoms with Crippen LogP contribution in [0, 0.1) is 19.8 Å². The molecule has 1 aromatic rings. The van der Waals surface area contributed by atoms with Crippen LogP contribution in [0.25, 0.3) is 0 Å². The largest absolute Gasteiger partial charge is 0.325 e. The van der Waals surface area contributed by atoms with Gasteiger partial charge in [-0.3, -0.25) is 9.69 Å². The Morgan fingerprint density at radius 1 is 1.39 bits per heavy atom. The second kappa shape index (κ2) is 6.98. The Hall–Kier alpha value is -1.44. The molecule has 0 aromatic heterocycles. The van der Waals surface area contributed by atoms with Gasteiger partial charge in [0.05, 0.1) is 11.4 Å². The lowest BCUT2D eigenvalue weighted by molar-refractivity contribution is -0.117. The number of piperidine rings is 1. The standard InChI is InChI=1S/C16H25N3O3S/c1-11-5-4-6-19(9-11)10-16(20)18-15-8-14(23(17,21)22)7-12(2)13(15)3/h7-8,11H,4-6,9-10H2,1-3H3,(H,18,20)(H2,17,21,22). The lowest BCUT2D eigenvalue weighted by Gasteiger charge is -2.30. The summed E-state index contributed by atoms with van der Waals surface area (Å²) < 4.78 is 23.1. The highest BCUT2D eigenvalue weighted by Gasteiger charge is 2.19. The molecule has 1 heterocycles. The van der Waals surface area contributed by atoms with Crippen molar-refractivity contribution in [1.82, 2.24) is 4.90 Å². The molecular weight excluding hydrogens is 314 g/mol. The van der Waals surface area contributed by atoms with E-state index in [0.29, 0.717) is 18.2 Å². The Kier molecular flexibility index (Phi) is 5.44. The molecule has 3 N–H and O–H groups in total. The van der Waals surface area contributed by atoms with E-state index < -0.39 is 10.0 Å². The maximum atomic E-state index is 12.3. The van der Waals surface area contributed by atoms with E-state index in [2.05, 4.69) is 17.1 Å². The number of aryl methyl sites for hydroxylation is 1. The zero-order chi connectivity index (χ0) is 17.2. The van der Waals surface area contributed by atoms with Gasteiger partial charge in [-0.1, -0.05) is 6.92 Å². The van der Waals surface area contributed by atoms with Crippen molar-refractivity contribution in [1.29, 1.82) is 0 Å². The minimum atomic E-state index is -3.80. The lowest BCUT2D eigenvalue weighted by atomic mass is 10.0. The fourth-order valence-corrected chi connectivity index (χ4v) is 3.57. The molecule has 23 heavy (non-hydrogen) atoms. The lowest BCUT2D eigenvalue weighted by Crippen LogP contribution is -2.39. The SMILES string of the molecule is Cc1cc(S(N)(=O)=O)cc(NC(=O)CN2CCCC(C)C2)c1C. The van der Waals surface area contributed by atoms with Gasteiger partial charge < -0.3 is 5.32 Å². The maximum absolute atomic E-state index is 12.3. The first-order valence-corrected chi connectivity index (χ1v) is 9.37. The number of nitrogens with two attached hydrogens (primary N) is 1. The number of primary sulfonamides is 1. The summed E-state index contributed by atoms with van der Waals surface area (Å²) in [5.41, 5.74) is 2.13. The number of likely N-dealkylation sites (tertiary alicyclic amines) is 1. The van der Waals surface area contributed by atoms with Crippen LogP contribution in [0.4, 0.5) is 5.69 Å². The van der Waals surface area contributed by atoms with E-state index in [1.807, 2.05) is 6.92 Å². The molecule has 1 unspecified atom stereocenters. The average molecular weight is 339 g/mol. The Morgan fingerprint density at radius 2 is 2.09 bits per heavy atom. The second-order valence-electron chi connectivity index (χ2n) is 6.49. The molecule has 1 saturated heterocycles. The molecule has 1 aromatic carbocycles. The van der Waals surface area contributed by atoms with Gasteiger partial charge in [-0.05, 0) is 62.4 Å². The van der Waals surface area contributed by atoms with Crippen LogP contribution in [0.1, 0.15) is 30.9 Å². The van der Waals surface area contributed by atoms with Crippen LogP contribution in [0.2, 0.25) is 0 Å². The van der Waals surface area contributed by atoms with Crippen molar-refractivity contribution in [2.75, 3.05) is 25.0 Å². The number of hydrogen-bond acceptors (Lipinski definition) is 4. The van der Waals surface area contributed by atoms with Crippen LogP contribution in [0.15, 0.2) is 17.0 Å². The van der Waals surface area contributed by atoms with Crippen molar-refractivity contribution < 1.29 is 13.2 Å². The smallest absolute Gasteiger partial charge is 0.238 e. The monoisotopic (exact) mass is 339 g/mol. The molecule has 2 rings (SSSR count). The van der Waals surface area contributed by atoms with Crippen molar-refractivity contribution in [2.45, 2.75) is 38.5 Å². The summed E-state index contributed by atoms with van der Waals surface area (Å²) in [6.45, 7) is 8.00. The van der Waals surface area contributed by atoms with Gasteiger partial charge in [0.1, 0.15) is 0 Å². The molecule has 7 heteroatoms. The van der Waals surface area contributed by atoms with Gasteiger partial charge in [0.15, 0.2) is 0 Å². The molecule has 1 atom stereocenters. The third kappa shape index (κ3) is 4.76. The predicted molar refractivity (Wildman–Crippen MR) is 90.8 cm³/mol. The first kappa shape index (κ1) is 17.9. The third-order valence-corrected chi connectivity index (χ3v) is 5.24. The molecule has 0 spiro atoms. The summed E-state index contributed by atoms with van der Waals surface area (Å²) in [4.78, 5) is 14.4. The van der Waals surface area contributed by atoms with E-state index in [1.54, 1.807) is 6.92 Å². The van der Waals surface area contributed by atoms with E-state index in [9.17, 15) is 13.2 Å². The number of carbonyl (C=O) groups excluding carboxylic acids is 1. The van der Waals surface area contributed by atoms with Crippen LogP contribution in [-0.2, 0) is 14.8 Å². The first-order valence-electron chi connectivity index (χ1n) is 7.83. The maximum Gasteiger partial charge on any atom is 0.238 e. The van der Waals surface area contributed by atoms with E-state index in [1.165, 1.54) is 18.6 Å². The summed E-state index contributed by atoms with van der Waals surface area (Å²) in [6.07, 6.45) is 2.31. The van der Waals surface area contributed by atoms with Gasteiger partial charge in [0.2, 0.25) is 15.9 Å². The van der Waals surface area contributed by atoms with Crippen LogP contribution in [0.5, 0.6) is 0 Å². The zero-order valence-electron chi connectivity index (χ0n) is 13.9. The van der Waals surface area contributed by atoms with Gasteiger partial charge in [0.25, 0.3) is 0 Å². The molecular formula is C16H25N3O3S. The minimum absolute atomic E-state index is 0.0162. The molecule has 0 bridgehead atoms. The summed E-state index contributed by atoms with van der Waals surface area (Å²) >= 11 is 0. The average Bonchev–Trinajstić information content (AvgIpc) is 2.42. The van der Waals surface area contributed by atoms with Crippen molar-refractivity contribution in [3.05, 3.63) is 23.3 Å². The number of amides is 1. The number of benzene rings is 1. The fraction of sp³-hybridized carbons (Fsp3) is 0.562. The minimum Gasteiger partial charge on any atom is -0.325 e. The molecule has 0 aliphatic carbocycles. The fourth-order valence-electron chi connectivity index (χ4n) is 2.94. The van der Waals surface area contributed by atoms with Crippen LogP contribution in [-0.4, -0.2) is 38.9 Å². The normalized spacial score (nSPS) is 19.6. The number of rotatable bonds is 4. The van der Waals surface area contributed by atoms with Gasteiger partial charge in [-0.15, -0.1) is 0 Å². The number of hydrogen-bond donors (Lipinski definition) is 2. The molecule has 0 saturated carbocycles. The van der Waals surface area contributed by atoms with Crippen LogP contribution < -0.4 is 10.5 Å². The van der Waals surface area contributed by atoms with Crippen LogP contribution >= 0.6 is 0 Å². The van der Waals surface area contributed by atoms with Gasteiger partial charge in [-0.25, -0.2) is 13.6 Å². The molecule has 1 aliphatic rings. The molecule has 0 radical (unpaired) electrons. The van der Waals surface area contributed by atoms with Gasteiger partial charge in [0, 0.05) is 12.2 Å². The molecule has 1 aliphatic heterocycles. The van der Waals surface area contributed by atoms with Gasteiger partial charge in [-0.2, -0.15) is 0 Å². The molecule has 1 fully saturated rings. The number of sulfonamides is 1. The second-order valence-corrected chi connectivity index (χ2v) is 8.05. The van der Waals surface area contributed by atoms with E-state index in [-0.39, 0.29) is 10.8 Å². The topological polar surface area (TPSA) is 92.5 Å². The third-order valence-electron chi connectivity index (χ3n) is 4.35. The van der Waals surface area contributed by atoms with E-state index >= 15 is 0 Å². The number of nitrogens with one attached hydrogen (secondary N) is 1. The number of nitrogens with zero attached hydrogens (tertiary/aromatic N) is 1. The molecule has 128 valence electrons. The van der Waals surface area contributed by atoms with Crippen molar-refractivity contribution in [3.8, 4) is 0 Å². The molecule has 1 amide bonds. The summed E-state index contributed by atoms with van der Waals surface area (Å²) in [6, 6.07) is 2.95. The van der Waals surface area contributed by atoms with E-state index in [0.717, 1.165) is 30.6 Å². The van der Waals surface area contributed by atoms with E-state index in [4.69, 9.17) is 5.14 Å². The Bertz CT molecular complexity index is 701. The predicted octanol–water partition coefficient (Wildman–Crippen LogP) is 1.62. The summed E-state index contributed by atoms with van der Waals surface area (Å²) in [5.74, 6) is 0.472. The summed E-state index contributed by atoms with van der Waals surface area (Å²) in [5, 5.41) is 8.02. The Balaban J connectivity index is 2.12. The van der Waals surface area contributed by atoms with Crippen molar-refractivity contribution >= 4 is 21.6 Å². The highest BCUT2D eigenvalue weighted by atomic mass is 32.2. The van der Waals surface area contributed by atoms with Crippen molar-refractivity contribution in [2.24, 2.45) is 11.1 Å². The summed E-state index contributed by atoms with van der Waals surface area (Å²) in [7, 11) is -3.80.